The van der Waals surface area contributed by atoms with E-state index in [9.17, 15) is 4.79 Å². The molecule has 0 heterocycles. The van der Waals surface area contributed by atoms with Gasteiger partial charge in [-0.15, -0.1) is 0 Å². The van der Waals surface area contributed by atoms with Crippen LogP contribution in [0.1, 0.15) is 25.0 Å². The van der Waals surface area contributed by atoms with Crippen LogP contribution in [-0.4, -0.2) is 5.91 Å². The second-order valence-corrected chi connectivity index (χ2v) is 5.31. The molecule has 1 N–H and O–H groups in total. The number of benzene rings is 2. The lowest BCUT2D eigenvalue weighted by Crippen LogP contribution is -2.34. The van der Waals surface area contributed by atoms with Gasteiger partial charge in [0.15, 0.2) is 0 Å². The van der Waals surface area contributed by atoms with Gasteiger partial charge in [-0.1, -0.05) is 42.5 Å². The summed E-state index contributed by atoms with van der Waals surface area (Å²) >= 11 is 0. The zero-order chi connectivity index (χ0) is 13.9. The van der Waals surface area contributed by atoms with Crippen molar-refractivity contribution in [3.05, 3.63) is 65.7 Å². The van der Waals surface area contributed by atoms with E-state index in [1.165, 1.54) is 0 Å². The molecular weight excluding hydrogens is 234 g/mol. The minimum absolute atomic E-state index is 0.00398. The monoisotopic (exact) mass is 253 g/mol. The first-order valence-electron chi connectivity index (χ1n) is 6.44. The van der Waals surface area contributed by atoms with Crippen LogP contribution in [0.3, 0.4) is 0 Å². The molecule has 0 atom stereocenters. The molecule has 0 unspecified atom stereocenters. The Labute approximate surface area is 114 Å². The largest absolute Gasteiger partial charge is 0.325 e. The van der Waals surface area contributed by atoms with Crippen LogP contribution in [0, 0.1) is 6.92 Å². The van der Waals surface area contributed by atoms with E-state index >= 15 is 0 Å². The van der Waals surface area contributed by atoms with Crippen molar-refractivity contribution in [1.29, 1.82) is 0 Å². The first kappa shape index (κ1) is 13.3. The van der Waals surface area contributed by atoms with Crippen molar-refractivity contribution >= 4 is 11.6 Å². The predicted octanol–water partition coefficient (Wildman–Crippen LogP) is 3.91. The van der Waals surface area contributed by atoms with Crippen molar-refractivity contribution in [2.24, 2.45) is 0 Å². The Morgan fingerprint density at radius 2 is 1.68 bits per heavy atom. The molecule has 0 fully saturated rings. The number of rotatable bonds is 3. The summed E-state index contributed by atoms with van der Waals surface area (Å²) in [6, 6.07) is 17.7. The standard InChI is InChI=1S/C17H19NO/c1-13-8-7-11-15(12-13)18-16(19)17(2,3)14-9-5-4-6-10-14/h4-12H,1-3H3,(H,18,19). The molecule has 1 amide bonds. The summed E-state index contributed by atoms with van der Waals surface area (Å²) < 4.78 is 0. The molecule has 0 saturated heterocycles. The van der Waals surface area contributed by atoms with Crippen molar-refractivity contribution < 1.29 is 4.79 Å². The molecule has 2 aromatic carbocycles. The Morgan fingerprint density at radius 1 is 1.00 bits per heavy atom. The van der Waals surface area contributed by atoms with E-state index in [1.807, 2.05) is 75.4 Å². The van der Waals surface area contributed by atoms with Crippen molar-refractivity contribution in [3.8, 4) is 0 Å². The van der Waals surface area contributed by atoms with E-state index < -0.39 is 5.41 Å². The number of hydrogen-bond acceptors (Lipinski definition) is 1. The Balaban J connectivity index is 2.20. The maximum Gasteiger partial charge on any atom is 0.234 e. The highest BCUT2D eigenvalue weighted by molar-refractivity contribution is 5.98. The van der Waals surface area contributed by atoms with Crippen LogP contribution < -0.4 is 5.32 Å². The molecule has 0 saturated carbocycles. The van der Waals surface area contributed by atoms with Gasteiger partial charge in [-0.2, -0.15) is 0 Å². The molecule has 2 aromatic rings. The van der Waals surface area contributed by atoms with Crippen molar-refractivity contribution in [2.75, 3.05) is 5.32 Å². The van der Waals surface area contributed by atoms with E-state index in [4.69, 9.17) is 0 Å². The lowest BCUT2D eigenvalue weighted by Gasteiger charge is -2.24. The summed E-state index contributed by atoms with van der Waals surface area (Å²) in [7, 11) is 0. The van der Waals surface area contributed by atoms with Crippen molar-refractivity contribution in [2.45, 2.75) is 26.2 Å². The summed E-state index contributed by atoms with van der Waals surface area (Å²) in [4.78, 5) is 12.4. The van der Waals surface area contributed by atoms with Gasteiger partial charge in [-0.25, -0.2) is 0 Å². The van der Waals surface area contributed by atoms with Gasteiger partial charge < -0.3 is 5.32 Å². The molecular formula is C17H19NO. The van der Waals surface area contributed by atoms with Gasteiger partial charge in [0.25, 0.3) is 0 Å². The number of aryl methyl sites for hydroxylation is 1. The Kier molecular flexibility index (Phi) is 3.70. The Hall–Kier alpha value is -2.09. The van der Waals surface area contributed by atoms with Crippen LogP contribution in [0.25, 0.3) is 0 Å². The van der Waals surface area contributed by atoms with Crippen molar-refractivity contribution in [1.82, 2.24) is 0 Å². The van der Waals surface area contributed by atoms with Gasteiger partial charge in [0, 0.05) is 5.69 Å². The minimum Gasteiger partial charge on any atom is -0.325 e. The first-order valence-corrected chi connectivity index (χ1v) is 6.44. The topological polar surface area (TPSA) is 29.1 Å². The highest BCUT2D eigenvalue weighted by atomic mass is 16.2. The molecule has 2 rings (SSSR count). The molecule has 0 aliphatic heterocycles. The number of amides is 1. The highest BCUT2D eigenvalue weighted by Gasteiger charge is 2.29. The van der Waals surface area contributed by atoms with Crippen LogP contribution >= 0.6 is 0 Å². The predicted molar refractivity (Wildman–Crippen MR) is 79.3 cm³/mol. The number of anilines is 1. The third kappa shape index (κ3) is 3.02. The van der Waals surface area contributed by atoms with E-state index in [1.54, 1.807) is 0 Å². The SMILES string of the molecule is Cc1cccc(NC(=O)C(C)(C)c2ccccc2)c1. The fraction of sp³-hybridized carbons (Fsp3) is 0.235. The molecule has 0 bridgehead atoms. The summed E-state index contributed by atoms with van der Waals surface area (Å²) in [6.45, 7) is 5.89. The lowest BCUT2D eigenvalue weighted by molar-refractivity contribution is -0.120. The minimum atomic E-state index is -0.551. The molecule has 98 valence electrons. The van der Waals surface area contributed by atoms with Gasteiger partial charge >= 0.3 is 0 Å². The average molecular weight is 253 g/mol. The van der Waals surface area contributed by atoms with Gasteiger partial charge in [-0.3, -0.25) is 4.79 Å². The van der Waals surface area contributed by atoms with Gasteiger partial charge in [0.05, 0.1) is 5.41 Å². The number of hydrogen-bond donors (Lipinski definition) is 1. The fourth-order valence-corrected chi connectivity index (χ4v) is 2.00. The van der Waals surface area contributed by atoms with E-state index in [0.29, 0.717) is 0 Å². The summed E-state index contributed by atoms with van der Waals surface area (Å²) in [5.74, 6) is 0.00398. The van der Waals surface area contributed by atoms with Gasteiger partial charge in [0.2, 0.25) is 5.91 Å². The number of nitrogens with one attached hydrogen (secondary N) is 1. The van der Waals surface area contributed by atoms with Crippen LogP contribution in [0.2, 0.25) is 0 Å². The molecule has 0 aromatic heterocycles. The molecule has 2 heteroatoms. The molecule has 0 radical (unpaired) electrons. The molecule has 0 aliphatic carbocycles. The van der Waals surface area contributed by atoms with E-state index in [2.05, 4.69) is 5.32 Å². The number of carbonyl (C=O) groups is 1. The van der Waals surface area contributed by atoms with E-state index in [-0.39, 0.29) is 5.91 Å². The quantitative estimate of drug-likeness (QED) is 0.882. The second-order valence-electron chi connectivity index (χ2n) is 5.31. The summed E-state index contributed by atoms with van der Waals surface area (Å²) in [5, 5.41) is 2.98. The second kappa shape index (κ2) is 5.27. The molecule has 0 spiro atoms. The summed E-state index contributed by atoms with van der Waals surface area (Å²) in [6.07, 6.45) is 0. The smallest absolute Gasteiger partial charge is 0.234 e. The Bertz CT molecular complexity index is 573. The van der Waals surface area contributed by atoms with Crippen LogP contribution in [0.15, 0.2) is 54.6 Å². The normalized spacial score (nSPS) is 11.1. The zero-order valence-corrected chi connectivity index (χ0v) is 11.6. The third-order valence-corrected chi connectivity index (χ3v) is 3.34. The Morgan fingerprint density at radius 3 is 2.32 bits per heavy atom. The average Bonchev–Trinajstić information content (AvgIpc) is 2.39. The third-order valence-electron chi connectivity index (χ3n) is 3.34. The van der Waals surface area contributed by atoms with Crippen LogP contribution in [-0.2, 0) is 10.2 Å². The zero-order valence-electron chi connectivity index (χ0n) is 11.6. The molecule has 0 aliphatic rings. The lowest BCUT2D eigenvalue weighted by atomic mass is 9.83. The first-order chi connectivity index (χ1) is 9.00. The molecule has 2 nitrogen and oxygen atoms in total. The van der Waals surface area contributed by atoms with Crippen LogP contribution in [0.4, 0.5) is 5.69 Å². The maximum atomic E-state index is 12.4. The molecule has 19 heavy (non-hydrogen) atoms. The fourth-order valence-electron chi connectivity index (χ4n) is 2.00. The van der Waals surface area contributed by atoms with Gasteiger partial charge in [-0.05, 0) is 44.0 Å². The maximum absolute atomic E-state index is 12.4. The van der Waals surface area contributed by atoms with Gasteiger partial charge in [0.1, 0.15) is 0 Å². The summed E-state index contributed by atoms with van der Waals surface area (Å²) in [5.41, 5.74) is 2.44. The number of carbonyl (C=O) groups excluding carboxylic acids is 1. The van der Waals surface area contributed by atoms with Crippen molar-refractivity contribution in [3.63, 3.8) is 0 Å². The van der Waals surface area contributed by atoms with Crippen LogP contribution in [0.5, 0.6) is 0 Å². The highest BCUT2D eigenvalue weighted by Crippen LogP contribution is 2.25. The van der Waals surface area contributed by atoms with E-state index in [0.717, 1.165) is 16.8 Å².